The van der Waals surface area contributed by atoms with Crippen molar-refractivity contribution in [3.05, 3.63) is 18.8 Å². The third-order valence-corrected chi connectivity index (χ3v) is 1.41. The van der Waals surface area contributed by atoms with Gasteiger partial charge in [-0.05, 0) is 0 Å². The summed E-state index contributed by atoms with van der Waals surface area (Å²) in [5, 5.41) is 16.4. The van der Waals surface area contributed by atoms with Crippen LogP contribution in [-0.2, 0) is 10.1 Å². The molecule has 1 atom stereocenters. The Morgan fingerprint density at radius 3 is 2.08 bits per heavy atom. The molecule has 0 bridgehead atoms. The zero-order chi connectivity index (χ0) is 8.20. The SMILES string of the molecule is O=S(=O)([O-])C(O)/C=C\[CH-]O.[Na+].[Na+]. The van der Waals surface area contributed by atoms with Crippen molar-refractivity contribution >= 4 is 10.1 Å². The van der Waals surface area contributed by atoms with Gasteiger partial charge in [0.05, 0.1) is 5.44 Å². The van der Waals surface area contributed by atoms with Gasteiger partial charge >= 0.3 is 59.1 Å². The molecule has 0 saturated carbocycles. The first kappa shape index (κ1) is 19.1. The predicted octanol–water partition coefficient (Wildman–Crippen LogP) is -7.05. The van der Waals surface area contributed by atoms with Gasteiger partial charge in [0.2, 0.25) is 0 Å². The molecule has 0 amide bonds. The molecule has 0 aromatic heterocycles. The Balaban J connectivity index is -0.000000405. The molecule has 0 aromatic carbocycles. The molecule has 0 saturated heterocycles. The van der Waals surface area contributed by atoms with E-state index in [0.29, 0.717) is 12.7 Å². The van der Waals surface area contributed by atoms with Crippen molar-refractivity contribution in [1.82, 2.24) is 0 Å². The molecule has 5 nitrogen and oxygen atoms in total. The van der Waals surface area contributed by atoms with Crippen molar-refractivity contribution in [1.29, 1.82) is 0 Å². The minimum absolute atomic E-state index is 0. The fraction of sp³-hybridized carbons (Fsp3) is 0.250. The molecule has 0 fully saturated rings. The Bertz CT molecular complexity index is 211. The van der Waals surface area contributed by atoms with Crippen LogP contribution in [0.1, 0.15) is 0 Å². The van der Waals surface area contributed by atoms with Crippen LogP contribution in [0.5, 0.6) is 0 Å². The fourth-order valence-corrected chi connectivity index (χ4v) is 0.524. The third kappa shape index (κ3) is 9.53. The maximum Gasteiger partial charge on any atom is 1.00 e. The van der Waals surface area contributed by atoms with Gasteiger partial charge in [0.1, 0.15) is 10.1 Å². The van der Waals surface area contributed by atoms with Gasteiger partial charge in [0.25, 0.3) is 0 Å². The molecule has 0 rings (SSSR count). The summed E-state index contributed by atoms with van der Waals surface area (Å²) in [7, 11) is -4.69. The molecular formula is C4H6Na2O5S. The van der Waals surface area contributed by atoms with Gasteiger partial charge in [-0.1, -0.05) is 0 Å². The summed E-state index contributed by atoms with van der Waals surface area (Å²) < 4.78 is 29.7. The molecule has 8 heteroatoms. The summed E-state index contributed by atoms with van der Waals surface area (Å²) in [4.78, 5) is 0. The zero-order valence-corrected chi connectivity index (χ0v) is 11.7. The van der Waals surface area contributed by atoms with Crippen LogP contribution in [0.15, 0.2) is 12.2 Å². The third-order valence-electron chi connectivity index (χ3n) is 0.658. The maximum atomic E-state index is 9.88. The number of aliphatic hydroxyl groups excluding tert-OH is 2. The van der Waals surface area contributed by atoms with Crippen LogP contribution in [0.3, 0.4) is 0 Å². The molecule has 1 unspecified atom stereocenters. The number of rotatable bonds is 3. The standard InChI is InChI=1S/C4H7O5S.2Na/c5-3-1-2-4(6)10(7,8)9;;/h1-6H,(H,7,8,9);;/q-1;2*+1/p-1/b2-1-;;. The quantitative estimate of drug-likeness (QED) is 0.275. The van der Waals surface area contributed by atoms with E-state index in [1.54, 1.807) is 0 Å². The number of hydrogen-bond donors (Lipinski definition) is 2. The van der Waals surface area contributed by atoms with Crippen molar-refractivity contribution in [3.8, 4) is 0 Å². The van der Waals surface area contributed by atoms with Crippen LogP contribution in [0.4, 0.5) is 0 Å². The summed E-state index contributed by atoms with van der Waals surface area (Å²) in [5.41, 5.74) is -2.09. The second-order valence-electron chi connectivity index (χ2n) is 1.42. The van der Waals surface area contributed by atoms with Crippen LogP contribution in [0, 0.1) is 6.61 Å². The molecule has 12 heavy (non-hydrogen) atoms. The van der Waals surface area contributed by atoms with Gasteiger partial charge in [0, 0.05) is 0 Å². The predicted molar refractivity (Wildman–Crippen MR) is 31.1 cm³/mol. The molecule has 0 spiro atoms. The van der Waals surface area contributed by atoms with E-state index in [0.717, 1.165) is 6.08 Å². The van der Waals surface area contributed by atoms with Gasteiger partial charge in [-0.15, -0.1) is 6.61 Å². The smallest absolute Gasteiger partial charge is 0.747 e. The summed E-state index contributed by atoms with van der Waals surface area (Å²) in [6, 6.07) is 0. The molecule has 2 N–H and O–H groups in total. The van der Waals surface area contributed by atoms with E-state index in [-0.39, 0.29) is 59.1 Å². The molecular weight excluding hydrogens is 206 g/mol. The van der Waals surface area contributed by atoms with Crippen LogP contribution >= 0.6 is 0 Å². The molecule has 0 aliphatic heterocycles. The van der Waals surface area contributed by atoms with Crippen molar-refractivity contribution in [3.63, 3.8) is 0 Å². The molecule has 0 aliphatic rings. The van der Waals surface area contributed by atoms with Crippen LogP contribution in [0.2, 0.25) is 0 Å². The van der Waals surface area contributed by atoms with Gasteiger partial charge in [-0.3, -0.25) is 0 Å². The van der Waals surface area contributed by atoms with Gasteiger partial charge in [-0.2, -0.15) is 6.08 Å². The molecule has 0 aliphatic carbocycles. The van der Waals surface area contributed by atoms with E-state index in [1.165, 1.54) is 0 Å². The maximum absolute atomic E-state index is 9.88. The second-order valence-corrected chi connectivity index (χ2v) is 2.89. The minimum atomic E-state index is -4.69. The van der Waals surface area contributed by atoms with Crippen molar-refractivity contribution < 1.29 is 82.3 Å². The van der Waals surface area contributed by atoms with Crippen molar-refractivity contribution in [2.75, 3.05) is 0 Å². The minimum Gasteiger partial charge on any atom is -0.747 e. The zero-order valence-electron chi connectivity index (χ0n) is 6.84. The van der Waals surface area contributed by atoms with Crippen molar-refractivity contribution in [2.45, 2.75) is 5.44 Å². The van der Waals surface area contributed by atoms with Gasteiger partial charge in [0.15, 0.2) is 0 Å². The number of aliphatic hydroxyl groups is 2. The average Bonchev–Trinajstić information content (AvgIpc) is 1.80. The number of hydrogen-bond acceptors (Lipinski definition) is 5. The van der Waals surface area contributed by atoms with Crippen molar-refractivity contribution in [2.24, 2.45) is 0 Å². The summed E-state index contributed by atoms with van der Waals surface area (Å²) in [5.74, 6) is 0. The van der Waals surface area contributed by atoms with E-state index in [4.69, 9.17) is 10.2 Å². The molecule has 0 aromatic rings. The molecule has 0 radical (unpaired) electrons. The van der Waals surface area contributed by atoms with E-state index in [9.17, 15) is 13.0 Å². The topological polar surface area (TPSA) is 97.7 Å². The van der Waals surface area contributed by atoms with E-state index in [1.807, 2.05) is 0 Å². The fourth-order valence-electron chi connectivity index (χ4n) is 0.241. The normalized spacial score (nSPS) is 12.9. The molecule has 0 heterocycles. The van der Waals surface area contributed by atoms with E-state index in [2.05, 4.69) is 0 Å². The van der Waals surface area contributed by atoms with E-state index < -0.39 is 15.6 Å². The van der Waals surface area contributed by atoms with Gasteiger partial charge in [-0.25, -0.2) is 14.5 Å². The Hall–Kier alpha value is 1.44. The first-order chi connectivity index (χ1) is 4.48. The Morgan fingerprint density at radius 1 is 1.42 bits per heavy atom. The largest absolute Gasteiger partial charge is 1.00 e. The summed E-state index contributed by atoms with van der Waals surface area (Å²) in [6.45, 7) is 0.508. The summed E-state index contributed by atoms with van der Waals surface area (Å²) in [6.07, 6.45) is 1.50. The van der Waals surface area contributed by atoms with Gasteiger partial charge < -0.3 is 14.8 Å². The Morgan fingerprint density at radius 2 is 1.83 bits per heavy atom. The van der Waals surface area contributed by atoms with Crippen LogP contribution in [-0.4, -0.2) is 28.6 Å². The molecule has 60 valence electrons. The Kier molecular flexibility index (Phi) is 14.3. The van der Waals surface area contributed by atoms with Crippen LogP contribution < -0.4 is 59.1 Å². The second kappa shape index (κ2) is 9.01. The Labute approximate surface area is 115 Å². The van der Waals surface area contributed by atoms with Crippen LogP contribution in [0.25, 0.3) is 0 Å². The monoisotopic (exact) mass is 212 g/mol. The first-order valence-electron chi connectivity index (χ1n) is 2.25. The first-order valence-corrected chi connectivity index (χ1v) is 3.72. The average molecular weight is 212 g/mol. The summed E-state index contributed by atoms with van der Waals surface area (Å²) >= 11 is 0. The van der Waals surface area contributed by atoms with E-state index >= 15 is 0 Å².